The molecule has 2 aromatic rings. The molecule has 5 heteroatoms. The normalized spacial score (nSPS) is 10.4. The average Bonchev–Trinajstić information content (AvgIpc) is 2.33. The molecule has 2 nitrogen and oxygen atoms in total. The Labute approximate surface area is 127 Å². The second-order valence-electron chi connectivity index (χ2n) is 3.60. The second kappa shape index (κ2) is 6.06. The van der Waals surface area contributed by atoms with Gasteiger partial charge in [-0.1, -0.05) is 33.6 Å². The Morgan fingerprint density at radius 2 is 1.83 bits per heavy atom. The molecule has 94 valence electrons. The fourth-order valence-corrected chi connectivity index (χ4v) is 2.78. The molecule has 0 atom stereocenters. The molecule has 0 unspecified atom stereocenters. The van der Waals surface area contributed by atoms with Gasteiger partial charge in [0.2, 0.25) is 0 Å². The first-order chi connectivity index (χ1) is 8.61. The molecule has 2 N–H and O–H groups in total. The van der Waals surface area contributed by atoms with Gasteiger partial charge in [0.25, 0.3) is 0 Å². The summed E-state index contributed by atoms with van der Waals surface area (Å²) in [6.07, 6.45) is 0. The van der Waals surface area contributed by atoms with E-state index >= 15 is 0 Å². The molecule has 2 rings (SSSR count). The van der Waals surface area contributed by atoms with Gasteiger partial charge in [0.15, 0.2) is 0 Å². The molecule has 0 spiro atoms. The lowest BCUT2D eigenvalue weighted by Crippen LogP contribution is -2.00. The Morgan fingerprint density at radius 1 is 1.06 bits per heavy atom. The topological polar surface area (TPSA) is 35.2 Å². The number of nitrogens with two attached hydrogens (primary N) is 1. The lowest BCUT2D eigenvalue weighted by atomic mass is 10.2. The molecule has 0 amide bonds. The van der Waals surface area contributed by atoms with Gasteiger partial charge in [-0.15, -0.1) is 0 Å². The van der Waals surface area contributed by atoms with Crippen LogP contribution in [0.2, 0.25) is 5.02 Å². The van der Waals surface area contributed by atoms with Gasteiger partial charge >= 0.3 is 0 Å². The van der Waals surface area contributed by atoms with Crippen molar-refractivity contribution in [2.45, 2.75) is 6.54 Å². The molecule has 0 radical (unpaired) electrons. The van der Waals surface area contributed by atoms with E-state index in [1.165, 1.54) is 0 Å². The van der Waals surface area contributed by atoms with Crippen LogP contribution in [0.5, 0.6) is 11.5 Å². The molecule has 0 aromatic heterocycles. The number of rotatable bonds is 3. The Kier molecular flexibility index (Phi) is 4.67. The highest BCUT2D eigenvalue weighted by atomic mass is 79.9. The third-order valence-electron chi connectivity index (χ3n) is 2.39. The summed E-state index contributed by atoms with van der Waals surface area (Å²) in [6, 6.07) is 11.1. The molecule has 0 fully saturated rings. The van der Waals surface area contributed by atoms with Gasteiger partial charge in [0.1, 0.15) is 11.5 Å². The first-order valence-electron chi connectivity index (χ1n) is 5.22. The first kappa shape index (κ1) is 13.9. The third kappa shape index (κ3) is 3.06. The molecule has 18 heavy (non-hydrogen) atoms. The SMILES string of the molecule is NCc1c(Br)cccc1Oc1ccc(Cl)cc1Br. The van der Waals surface area contributed by atoms with Crippen LogP contribution in [0.4, 0.5) is 0 Å². The van der Waals surface area contributed by atoms with Crippen LogP contribution in [0.3, 0.4) is 0 Å². The van der Waals surface area contributed by atoms with Crippen LogP contribution in [0.15, 0.2) is 45.3 Å². The summed E-state index contributed by atoms with van der Waals surface area (Å²) in [6.45, 7) is 0.405. The molecule has 0 bridgehead atoms. The van der Waals surface area contributed by atoms with Crippen molar-refractivity contribution in [1.82, 2.24) is 0 Å². The van der Waals surface area contributed by atoms with E-state index in [9.17, 15) is 0 Å². The van der Waals surface area contributed by atoms with E-state index in [1.54, 1.807) is 12.1 Å². The molecule has 2 aromatic carbocycles. The standard InChI is InChI=1S/C13H10Br2ClNO/c14-10-2-1-3-12(9(10)7-17)18-13-5-4-8(16)6-11(13)15/h1-6H,7,17H2. The maximum atomic E-state index is 5.89. The smallest absolute Gasteiger partial charge is 0.141 e. The van der Waals surface area contributed by atoms with E-state index in [-0.39, 0.29) is 0 Å². The van der Waals surface area contributed by atoms with Crippen LogP contribution in [-0.4, -0.2) is 0 Å². The Balaban J connectivity index is 2.37. The zero-order chi connectivity index (χ0) is 13.1. The van der Waals surface area contributed by atoms with Crippen molar-refractivity contribution < 1.29 is 4.74 Å². The van der Waals surface area contributed by atoms with Gasteiger partial charge in [0, 0.05) is 21.6 Å². The number of benzene rings is 2. The lowest BCUT2D eigenvalue weighted by molar-refractivity contribution is 0.473. The van der Waals surface area contributed by atoms with E-state index in [1.807, 2.05) is 24.3 Å². The quantitative estimate of drug-likeness (QED) is 0.789. The number of hydrogen-bond donors (Lipinski definition) is 1. The molecule has 0 heterocycles. The zero-order valence-electron chi connectivity index (χ0n) is 9.29. The minimum atomic E-state index is 0.405. The maximum Gasteiger partial charge on any atom is 0.141 e. The summed E-state index contributed by atoms with van der Waals surface area (Å²) in [5.41, 5.74) is 6.65. The van der Waals surface area contributed by atoms with E-state index < -0.39 is 0 Å². The molecule has 0 saturated heterocycles. The summed E-state index contributed by atoms with van der Waals surface area (Å²) in [5, 5.41) is 0.655. The Bertz CT molecular complexity index is 575. The van der Waals surface area contributed by atoms with E-state index in [4.69, 9.17) is 22.1 Å². The van der Waals surface area contributed by atoms with Gasteiger partial charge in [0.05, 0.1) is 4.47 Å². The summed E-state index contributed by atoms with van der Waals surface area (Å²) in [5.74, 6) is 1.43. The average molecular weight is 391 g/mol. The van der Waals surface area contributed by atoms with E-state index in [0.29, 0.717) is 17.3 Å². The van der Waals surface area contributed by atoms with Gasteiger partial charge in [-0.25, -0.2) is 0 Å². The fraction of sp³-hybridized carbons (Fsp3) is 0.0769. The second-order valence-corrected chi connectivity index (χ2v) is 5.74. The summed E-state index contributed by atoms with van der Waals surface area (Å²) < 4.78 is 7.59. The predicted octanol–water partition coefficient (Wildman–Crippen LogP) is 5.12. The molecule has 0 saturated carbocycles. The fourth-order valence-electron chi connectivity index (χ4n) is 1.51. The van der Waals surface area contributed by atoms with Gasteiger partial charge < -0.3 is 10.5 Å². The van der Waals surface area contributed by atoms with E-state index in [2.05, 4.69) is 31.9 Å². The highest BCUT2D eigenvalue weighted by molar-refractivity contribution is 9.10. The monoisotopic (exact) mass is 389 g/mol. The predicted molar refractivity (Wildman–Crippen MR) is 81.3 cm³/mol. The van der Waals surface area contributed by atoms with Crippen molar-refractivity contribution in [2.24, 2.45) is 5.73 Å². The van der Waals surface area contributed by atoms with E-state index in [0.717, 1.165) is 20.3 Å². The number of ether oxygens (including phenoxy) is 1. The Hall–Kier alpha value is -0.550. The van der Waals surface area contributed by atoms with Crippen LogP contribution in [0.1, 0.15) is 5.56 Å². The highest BCUT2D eigenvalue weighted by Crippen LogP contribution is 2.35. The Morgan fingerprint density at radius 3 is 2.50 bits per heavy atom. The minimum absolute atomic E-state index is 0.405. The van der Waals surface area contributed by atoms with Crippen LogP contribution >= 0.6 is 43.5 Å². The molecular formula is C13H10Br2ClNO. The van der Waals surface area contributed by atoms with Gasteiger partial charge in [-0.3, -0.25) is 0 Å². The van der Waals surface area contributed by atoms with Crippen LogP contribution in [0.25, 0.3) is 0 Å². The summed E-state index contributed by atoms with van der Waals surface area (Å²) in [4.78, 5) is 0. The highest BCUT2D eigenvalue weighted by Gasteiger charge is 2.09. The third-order valence-corrected chi connectivity index (χ3v) is 3.99. The number of hydrogen-bond acceptors (Lipinski definition) is 2. The summed E-state index contributed by atoms with van der Waals surface area (Å²) >= 11 is 12.8. The maximum absolute atomic E-state index is 5.89. The van der Waals surface area contributed by atoms with Crippen molar-refractivity contribution in [3.05, 3.63) is 55.9 Å². The largest absolute Gasteiger partial charge is 0.456 e. The molecule has 0 aliphatic heterocycles. The van der Waals surface area contributed by atoms with Crippen molar-refractivity contribution >= 4 is 43.5 Å². The summed E-state index contributed by atoms with van der Waals surface area (Å²) in [7, 11) is 0. The van der Waals surface area contributed by atoms with Crippen LogP contribution < -0.4 is 10.5 Å². The van der Waals surface area contributed by atoms with Crippen molar-refractivity contribution in [3.8, 4) is 11.5 Å². The van der Waals surface area contributed by atoms with Crippen molar-refractivity contribution in [3.63, 3.8) is 0 Å². The van der Waals surface area contributed by atoms with Crippen molar-refractivity contribution in [1.29, 1.82) is 0 Å². The van der Waals surface area contributed by atoms with Crippen LogP contribution in [-0.2, 0) is 6.54 Å². The lowest BCUT2D eigenvalue weighted by Gasteiger charge is -2.12. The zero-order valence-corrected chi connectivity index (χ0v) is 13.2. The number of halogens is 3. The van der Waals surface area contributed by atoms with Gasteiger partial charge in [-0.05, 0) is 46.3 Å². The van der Waals surface area contributed by atoms with Gasteiger partial charge in [-0.2, -0.15) is 0 Å². The minimum Gasteiger partial charge on any atom is -0.456 e. The first-order valence-corrected chi connectivity index (χ1v) is 7.18. The molecule has 0 aliphatic rings. The van der Waals surface area contributed by atoms with Crippen molar-refractivity contribution in [2.75, 3.05) is 0 Å². The molecule has 0 aliphatic carbocycles. The van der Waals surface area contributed by atoms with Crippen LogP contribution in [0, 0.1) is 0 Å². The molecular weight excluding hydrogens is 381 g/mol.